The molecule has 0 aliphatic carbocycles. The molecule has 120 valence electrons. The largest absolute Gasteiger partial charge is 0.422 e. The molecule has 0 saturated carbocycles. The Morgan fingerprint density at radius 3 is 2.61 bits per heavy atom. The van der Waals surface area contributed by atoms with E-state index in [9.17, 15) is 4.79 Å². The molecule has 3 rings (SSSR count). The smallest absolute Gasteiger partial charge is 0.353 e. The van der Waals surface area contributed by atoms with Gasteiger partial charge in [-0.25, -0.2) is 4.79 Å². The number of esters is 1. The van der Waals surface area contributed by atoms with Gasteiger partial charge < -0.3 is 4.74 Å². The first kappa shape index (κ1) is 16.7. The second kappa shape index (κ2) is 7.60. The second-order valence-corrected chi connectivity index (χ2v) is 8.73. The summed E-state index contributed by atoms with van der Waals surface area (Å²) in [6.07, 6.45) is 4.89. The van der Waals surface area contributed by atoms with Crippen molar-refractivity contribution >= 4 is 54.0 Å². The highest BCUT2D eigenvalue weighted by molar-refractivity contribution is 9.10. The Kier molecular flexibility index (Phi) is 5.51. The van der Waals surface area contributed by atoms with E-state index in [0.29, 0.717) is 10.6 Å². The van der Waals surface area contributed by atoms with Crippen molar-refractivity contribution < 1.29 is 9.53 Å². The lowest BCUT2D eigenvalue weighted by Crippen LogP contribution is -2.05. The maximum atomic E-state index is 12.2. The summed E-state index contributed by atoms with van der Waals surface area (Å²) in [6, 6.07) is 11.4. The minimum absolute atomic E-state index is 0.284. The molecule has 0 unspecified atom stereocenters. The molecule has 1 aromatic carbocycles. The van der Waals surface area contributed by atoms with Crippen LogP contribution in [0, 0.1) is 0 Å². The van der Waals surface area contributed by atoms with Gasteiger partial charge in [0.1, 0.15) is 10.6 Å². The van der Waals surface area contributed by atoms with Crippen LogP contribution in [-0.4, -0.2) is 5.97 Å². The zero-order chi connectivity index (χ0) is 16.2. The number of aryl methyl sites for hydroxylation is 1. The molecule has 0 spiro atoms. The van der Waals surface area contributed by atoms with Crippen LogP contribution in [0.5, 0.6) is 5.75 Å². The second-order valence-electron chi connectivity index (χ2n) is 5.37. The Morgan fingerprint density at radius 1 is 1.13 bits per heavy atom. The predicted molar refractivity (Wildman–Crippen MR) is 102 cm³/mol. The van der Waals surface area contributed by atoms with Crippen molar-refractivity contribution in [2.75, 3.05) is 0 Å². The molecule has 5 heteroatoms. The third-order valence-electron chi connectivity index (χ3n) is 3.52. The molecule has 23 heavy (non-hydrogen) atoms. The summed E-state index contributed by atoms with van der Waals surface area (Å²) in [5.74, 6) is 0.281. The molecule has 2 aromatic heterocycles. The summed E-state index contributed by atoms with van der Waals surface area (Å²) < 4.78 is 7.59. The highest BCUT2D eigenvalue weighted by atomic mass is 79.9. The number of carbonyl (C=O) groups is 1. The molecule has 2 heterocycles. The predicted octanol–water partition coefficient (Wildman–Crippen LogP) is 6.68. The van der Waals surface area contributed by atoms with Crippen LogP contribution in [0.3, 0.4) is 0 Å². The third-order valence-corrected chi connectivity index (χ3v) is 6.48. The zero-order valence-electron chi connectivity index (χ0n) is 12.8. The molecule has 0 aliphatic heterocycles. The van der Waals surface area contributed by atoms with Crippen molar-refractivity contribution in [1.82, 2.24) is 0 Å². The molecule has 0 saturated heterocycles. The number of ether oxygens (including phenoxy) is 1. The molecule has 0 amide bonds. The first-order chi connectivity index (χ1) is 11.2. The monoisotopic (exact) mass is 408 g/mol. The molecule has 0 bridgehead atoms. The van der Waals surface area contributed by atoms with Gasteiger partial charge in [0.15, 0.2) is 0 Å². The van der Waals surface area contributed by atoms with Gasteiger partial charge in [-0.3, -0.25) is 0 Å². The summed E-state index contributed by atoms with van der Waals surface area (Å²) >= 11 is 6.69. The zero-order valence-corrected chi connectivity index (χ0v) is 16.0. The normalized spacial score (nSPS) is 11.0. The van der Waals surface area contributed by atoms with Gasteiger partial charge in [0.05, 0.1) is 4.01 Å². The average molecular weight is 409 g/mol. The minimum atomic E-state index is -0.284. The van der Waals surface area contributed by atoms with Gasteiger partial charge >= 0.3 is 5.97 Å². The number of carbonyl (C=O) groups excluding carboxylic acids is 1. The van der Waals surface area contributed by atoms with Crippen LogP contribution in [0.15, 0.2) is 40.9 Å². The highest BCUT2D eigenvalue weighted by Gasteiger charge is 2.14. The van der Waals surface area contributed by atoms with Crippen molar-refractivity contribution in [3.63, 3.8) is 0 Å². The Morgan fingerprint density at radius 2 is 1.91 bits per heavy atom. The van der Waals surface area contributed by atoms with Crippen molar-refractivity contribution in [2.24, 2.45) is 0 Å². The van der Waals surface area contributed by atoms with Crippen LogP contribution in [-0.2, 0) is 6.42 Å². The van der Waals surface area contributed by atoms with Gasteiger partial charge in [-0.2, -0.15) is 0 Å². The molecular weight excluding hydrogens is 392 g/mol. The molecule has 0 fully saturated rings. The van der Waals surface area contributed by atoms with Crippen molar-refractivity contribution in [2.45, 2.75) is 32.6 Å². The number of hydrogen-bond donors (Lipinski definition) is 0. The molecule has 0 atom stereocenters. The molecular formula is C18H17BrO2S2. The summed E-state index contributed by atoms with van der Waals surface area (Å²) in [5, 5.41) is 1.16. The van der Waals surface area contributed by atoms with Crippen LogP contribution < -0.4 is 4.74 Å². The van der Waals surface area contributed by atoms with Crippen molar-refractivity contribution in [3.05, 3.63) is 50.6 Å². The molecule has 0 radical (unpaired) electrons. The van der Waals surface area contributed by atoms with Gasteiger partial charge in [0, 0.05) is 14.7 Å². The number of benzene rings is 1. The van der Waals surface area contributed by atoms with Crippen LogP contribution in [0.2, 0.25) is 0 Å². The Bertz CT molecular complexity index is 771. The summed E-state index contributed by atoms with van der Waals surface area (Å²) in [6.45, 7) is 2.22. The molecule has 0 N–H and O–H groups in total. The maximum absolute atomic E-state index is 12.2. The van der Waals surface area contributed by atoms with Crippen LogP contribution in [0.25, 0.3) is 9.40 Å². The lowest BCUT2D eigenvalue weighted by atomic mass is 10.2. The lowest BCUT2D eigenvalue weighted by molar-refractivity contribution is 0.0740. The Labute approximate surface area is 152 Å². The van der Waals surface area contributed by atoms with Crippen molar-refractivity contribution in [3.8, 4) is 5.75 Å². The maximum Gasteiger partial charge on any atom is 0.353 e. The first-order valence-corrected chi connectivity index (χ1v) is 10.1. The van der Waals surface area contributed by atoms with E-state index in [4.69, 9.17) is 4.74 Å². The Balaban J connectivity index is 1.69. The quantitative estimate of drug-likeness (QED) is 0.258. The van der Waals surface area contributed by atoms with Gasteiger partial charge in [0.2, 0.25) is 0 Å². The van der Waals surface area contributed by atoms with Crippen molar-refractivity contribution in [1.29, 1.82) is 0 Å². The molecule has 0 aliphatic rings. The van der Waals surface area contributed by atoms with Gasteiger partial charge in [-0.15, -0.1) is 22.7 Å². The Hall–Kier alpha value is -1.17. The molecule has 2 nitrogen and oxygen atoms in total. The van der Waals surface area contributed by atoms with Gasteiger partial charge in [0.25, 0.3) is 0 Å². The summed E-state index contributed by atoms with van der Waals surface area (Å²) in [7, 11) is 0. The first-order valence-electron chi connectivity index (χ1n) is 7.65. The standard InChI is InChI=1S/C18H17BrO2S2/c1-2-3-4-5-15-10-12-11-16(23-18(12)22-15)17(20)21-14-8-6-13(19)7-9-14/h6-11H,2-5H2,1H3. The van der Waals surface area contributed by atoms with E-state index in [2.05, 4.69) is 28.9 Å². The average Bonchev–Trinajstić information content (AvgIpc) is 3.08. The SMILES string of the molecule is CCCCCc1cc2cc(C(=O)Oc3ccc(Br)cc3)sc2s1. The summed E-state index contributed by atoms with van der Waals surface area (Å²) in [4.78, 5) is 14.3. The summed E-state index contributed by atoms with van der Waals surface area (Å²) in [5.41, 5.74) is 0. The lowest BCUT2D eigenvalue weighted by Gasteiger charge is -2.02. The van der Waals surface area contributed by atoms with E-state index in [1.54, 1.807) is 23.5 Å². The fourth-order valence-electron chi connectivity index (χ4n) is 2.32. The highest BCUT2D eigenvalue weighted by Crippen LogP contribution is 2.34. The number of rotatable bonds is 6. The third kappa shape index (κ3) is 4.22. The van der Waals surface area contributed by atoms with E-state index in [0.717, 1.165) is 16.3 Å². The van der Waals surface area contributed by atoms with E-state index < -0.39 is 0 Å². The van der Waals surface area contributed by atoms with E-state index >= 15 is 0 Å². The van der Waals surface area contributed by atoms with Crippen LogP contribution in [0.1, 0.15) is 40.7 Å². The minimum Gasteiger partial charge on any atom is -0.422 e. The number of fused-ring (bicyclic) bond motifs is 1. The number of thiophene rings is 2. The van der Waals surface area contributed by atoms with Crippen LogP contribution >= 0.6 is 38.6 Å². The molecule has 3 aromatic rings. The van der Waals surface area contributed by atoms with Gasteiger partial charge in [-0.1, -0.05) is 35.7 Å². The topological polar surface area (TPSA) is 26.3 Å². The van der Waals surface area contributed by atoms with E-state index in [-0.39, 0.29) is 5.97 Å². The fourth-order valence-corrected chi connectivity index (χ4v) is 5.00. The number of halogens is 1. The number of unbranched alkanes of at least 4 members (excludes halogenated alkanes) is 2. The van der Waals surface area contributed by atoms with E-state index in [1.807, 2.05) is 18.2 Å². The van der Waals surface area contributed by atoms with E-state index in [1.165, 1.54) is 39.5 Å². The van der Waals surface area contributed by atoms with Gasteiger partial charge in [-0.05, 0) is 49.2 Å². The number of hydrogen-bond acceptors (Lipinski definition) is 4. The fraction of sp³-hybridized carbons (Fsp3) is 0.278. The van der Waals surface area contributed by atoms with Crippen LogP contribution in [0.4, 0.5) is 0 Å².